The predicted molar refractivity (Wildman–Crippen MR) is 296 cm³/mol. The Morgan fingerprint density at radius 1 is 0.286 bits per heavy atom. The van der Waals surface area contributed by atoms with Crippen LogP contribution in [0.2, 0.25) is 0 Å². The molecule has 0 saturated carbocycles. The summed E-state index contributed by atoms with van der Waals surface area (Å²) >= 11 is 1.84. The van der Waals surface area contributed by atoms with Gasteiger partial charge in [-0.2, -0.15) is 0 Å². The number of hydrogen-bond donors (Lipinski definition) is 0. The van der Waals surface area contributed by atoms with E-state index in [1.54, 1.807) is 0 Å². The summed E-state index contributed by atoms with van der Waals surface area (Å²) in [5, 5.41) is 16.8. The number of thiophene rings is 1. The van der Waals surface area contributed by atoms with Gasteiger partial charge in [0.15, 0.2) is 17.5 Å². The largest absolute Gasteiger partial charge is 0.309 e. The van der Waals surface area contributed by atoms with E-state index in [2.05, 4.69) is 235 Å². The average molecular weight is 907 g/mol. The quantitative estimate of drug-likeness (QED) is 0.162. The van der Waals surface area contributed by atoms with E-state index in [1.807, 2.05) is 11.3 Å². The van der Waals surface area contributed by atoms with Gasteiger partial charge in [-0.25, -0.2) is 15.0 Å². The lowest BCUT2D eigenvalue weighted by atomic mass is 9.91. The SMILES string of the molecule is c1ccc2cc(-c3nc(-c4ccc(-n5c6ccccc6c6cc7ccccc7cc65)c(-c5cccc6sc7ccccc7c56)c4)nc(-c4cccc5c6ccccc6c6ccccc6c45)n3)ccc2c1. The van der Waals surface area contributed by atoms with E-state index in [9.17, 15) is 0 Å². The fourth-order valence-electron chi connectivity index (χ4n) is 11.2. The molecule has 3 aromatic heterocycles. The third-order valence-electron chi connectivity index (χ3n) is 14.4. The number of para-hydroxylation sites is 1. The maximum absolute atomic E-state index is 5.54. The van der Waals surface area contributed by atoms with Crippen molar-refractivity contribution >= 4 is 107 Å². The van der Waals surface area contributed by atoms with Gasteiger partial charge in [0.2, 0.25) is 0 Å². The molecule has 0 aliphatic rings. The normalized spacial score (nSPS) is 12.0. The standard InChI is InChI=1S/C65H38N4S/c1-2-16-40-35-43(32-31-39(40)15-1)63-66-64(68-65(67-63)53-27-13-25-50-47-20-6-5-19-45(47)46-21-7-8-23-49(46)61(50)53)44-33-34-57(55(37-44)51-26-14-30-60-62(51)52-24-10-12-29-59(52)70-60)69-56-28-11-9-22-48(56)54-36-41-17-3-4-18-42(41)38-58(54)69/h1-38H. The summed E-state index contributed by atoms with van der Waals surface area (Å²) in [4.78, 5) is 16.4. The summed E-state index contributed by atoms with van der Waals surface area (Å²) in [5.41, 5.74) is 8.47. The number of aromatic nitrogens is 4. The number of hydrogen-bond acceptors (Lipinski definition) is 4. The molecule has 15 aromatic rings. The molecule has 5 heteroatoms. The van der Waals surface area contributed by atoms with Gasteiger partial charge in [-0.1, -0.05) is 176 Å². The van der Waals surface area contributed by atoms with Crippen LogP contribution in [0.15, 0.2) is 231 Å². The van der Waals surface area contributed by atoms with Gasteiger partial charge in [0.1, 0.15) is 0 Å². The first kappa shape index (κ1) is 39.0. The zero-order chi connectivity index (χ0) is 45.9. The predicted octanol–water partition coefficient (Wildman–Crippen LogP) is 17.8. The van der Waals surface area contributed by atoms with Crippen LogP contribution < -0.4 is 0 Å². The Kier molecular flexibility index (Phi) is 8.49. The first-order chi connectivity index (χ1) is 34.7. The molecule has 0 unspecified atom stereocenters. The molecule has 0 amide bonds. The van der Waals surface area contributed by atoms with E-state index in [0.29, 0.717) is 17.5 Å². The average Bonchev–Trinajstić information content (AvgIpc) is 3.97. The van der Waals surface area contributed by atoms with Crippen molar-refractivity contribution in [2.75, 3.05) is 0 Å². The van der Waals surface area contributed by atoms with Crippen molar-refractivity contribution in [3.8, 4) is 51.0 Å². The van der Waals surface area contributed by atoms with Crippen LogP contribution in [0.1, 0.15) is 0 Å². The maximum atomic E-state index is 5.54. The summed E-state index contributed by atoms with van der Waals surface area (Å²) in [6, 6.07) is 83.5. The third-order valence-corrected chi connectivity index (χ3v) is 15.5. The van der Waals surface area contributed by atoms with E-state index in [1.165, 1.54) is 74.0 Å². The van der Waals surface area contributed by atoms with Gasteiger partial charge in [0.25, 0.3) is 0 Å². The Balaban J connectivity index is 1.04. The highest BCUT2D eigenvalue weighted by Gasteiger charge is 2.23. The highest BCUT2D eigenvalue weighted by molar-refractivity contribution is 7.25. The summed E-state index contributed by atoms with van der Waals surface area (Å²) in [7, 11) is 0. The molecule has 0 radical (unpaired) electrons. The molecule has 4 nitrogen and oxygen atoms in total. The van der Waals surface area contributed by atoms with Gasteiger partial charge in [-0.15, -0.1) is 11.3 Å². The zero-order valence-electron chi connectivity index (χ0n) is 37.6. The van der Waals surface area contributed by atoms with Crippen LogP contribution in [0.25, 0.3) is 147 Å². The second-order valence-electron chi connectivity index (χ2n) is 18.3. The van der Waals surface area contributed by atoms with Gasteiger partial charge in [0.05, 0.1) is 16.7 Å². The van der Waals surface area contributed by atoms with Crippen molar-refractivity contribution in [3.63, 3.8) is 0 Å². The minimum absolute atomic E-state index is 0.610. The molecular formula is C65H38N4S. The smallest absolute Gasteiger partial charge is 0.164 e. The van der Waals surface area contributed by atoms with Crippen LogP contribution in [0.3, 0.4) is 0 Å². The van der Waals surface area contributed by atoms with E-state index >= 15 is 0 Å². The molecule has 15 rings (SSSR count). The number of rotatable bonds is 5. The Morgan fingerprint density at radius 3 is 1.59 bits per heavy atom. The van der Waals surface area contributed by atoms with Crippen molar-refractivity contribution in [2.24, 2.45) is 0 Å². The van der Waals surface area contributed by atoms with Crippen molar-refractivity contribution in [3.05, 3.63) is 231 Å². The second-order valence-corrected chi connectivity index (χ2v) is 19.3. The van der Waals surface area contributed by atoms with E-state index in [-0.39, 0.29) is 0 Å². The van der Waals surface area contributed by atoms with Crippen LogP contribution in [0.4, 0.5) is 0 Å². The Bertz CT molecular complexity index is 4630. The number of nitrogens with zero attached hydrogens (tertiary/aromatic N) is 4. The van der Waals surface area contributed by atoms with Gasteiger partial charge >= 0.3 is 0 Å². The fourth-order valence-corrected chi connectivity index (χ4v) is 12.4. The topological polar surface area (TPSA) is 43.6 Å². The summed E-state index contributed by atoms with van der Waals surface area (Å²) in [6.07, 6.45) is 0. The third kappa shape index (κ3) is 5.92. The van der Waals surface area contributed by atoms with Crippen LogP contribution in [0.5, 0.6) is 0 Å². The van der Waals surface area contributed by atoms with Crippen molar-refractivity contribution in [1.82, 2.24) is 19.5 Å². The van der Waals surface area contributed by atoms with Crippen LogP contribution in [-0.4, -0.2) is 19.5 Å². The maximum Gasteiger partial charge on any atom is 0.164 e. The van der Waals surface area contributed by atoms with Crippen LogP contribution >= 0.6 is 11.3 Å². The Hall–Kier alpha value is -9.03. The van der Waals surface area contributed by atoms with Crippen molar-refractivity contribution < 1.29 is 0 Å². The molecule has 70 heavy (non-hydrogen) atoms. The first-order valence-electron chi connectivity index (χ1n) is 23.8. The van der Waals surface area contributed by atoms with Crippen molar-refractivity contribution in [1.29, 1.82) is 0 Å². The highest BCUT2D eigenvalue weighted by atomic mass is 32.1. The lowest BCUT2D eigenvalue weighted by molar-refractivity contribution is 1.08. The number of fused-ring (bicyclic) bond motifs is 14. The highest BCUT2D eigenvalue weighted by Crippen LogP contribution is 2.46. The van der Waals surface area contributed by atoms with Crippen molar-refractivity contribution in [2.45, 2.75) is 0 Å². The minimum atomic E-state index is 0.610. The second kappa shape index (κ2) is 15.2. The summed E-state index contributed by atoms with van der Waals surface area (Å²) in [5.74, 6) is 1.86. The molecule has 12 aromatic carbocycles. The van der Waals surface area contributed by atoms with E-state index < -0.39 is 0 Å². The fraction of sp³-hybridized carbons (Fsp3) is 0. The molecule has 0 saturated heterocycles. The molecule has 3 heterocycles. The minimum Gasteiger partial charge on any atom is -0.309 e. The molecular weight excluding hydrogens is 869 g/mol. The van der Waals surface area contributed by atoms with E-state index in [0.717, 1.165) is 55.3 Å². The molecule has 324 valence electrons. The summed E-state index contributed by atoms with van der Waals surface area (Å²) < 4.78 is 4.98. The van der Waals surface area contributed by atoms with Crippen LogP contribution in [0, 0.1) is 0 Å². The summed E-state index contributed by atoms with van der Waals surface area (Å²) in [6.45, 7) is 0. The van der Waals surface area contributed by atoms with Gasteiger partial charge in [-0.05, 0) is 109 Å². The lowest BCUT2D eigenvalue weighted by Crippen LogP contribution is -2.02. The van der Waals surface area contributed by atoms with Gasteiger partial charge < -0.3 is 4.57 Å². The Morgan fingerprint density at radius 2 is 0.814 bits per heavy atom. The molecule has 0 spiro atoms. The zero-order valence-corrected chi connectivity index (χ0v) is 38.5. The van der Waals surface area contributed by atoms with E-state index in [4.69, 9.17) is 15.0 Å². The molecule has 0 atom stereocenters. The lowest BCUT2D eigenvalue weighted by Gasteiger charge is -2.18. The molecule has 0 bridgehead atoms. The molecule has 0 fully saturated rings. The first-order valence-corrected chi connectivity index (χ1v) is 24.6. The monoisotopic (exact) mass is 906 g/mol. The van der Waals surface area contributed by atoms with Crippen LogP contribution in [-0.2, 0) is 0 Å². The molecule has 0 N–H and O–H groups in total. The molecule has 0 aliphatic carbocycles. The molecule has 0 aliphatic heterocycles. The Labute approximate surface area is 406 Å². The number of benzene rings is 12. The van der Waals surface area contributed by atoms with Gasteiger partial charge in [-0.3, -0.25) is 0 Å². The van der Waals surface area contributed by atoms with Gasteiger partial charge in [0, 0.05) is 58.6 Å².